The summed E-state index contributed by atoms with van der Waals surface area (Å²) in [4.78, 5) is 26.6. The molecule has 2 aromatic rings. The Hall–Kier alpha value is -3.09. The van der Waals surface area contributed by atoms with Crippen LogP contribution >= 0.6 is 0 Å². The van der Waals surface area contributed by atoms with Gasteiger partial charge in [-0.05, 0) is 73.4 Å². The van der Waals surface area contributed by atoms with E-state index in [1.807, 2.05) is 6.92 Å². The van der Waals surface area contributed by atoms with Gasteiger partial charge in [0.15, 0.2) is 0 Å². The number of halogens is 2. The summed E-state index contributed by atoms with van der Waals surface area (Å²) in [6.45, 7) is 3.53. The van der Waals surface area contributed by atoms with E-state index in [4.69, 9.17) is 4.74 Å². The van der Waals surface area contributed by atoms with Crippen molar-refractivity contribution < 1.29 is 31.5 Å². The smallest absolute Gasteiger partial charge is 0.407 e. The number of hydrogen-bond acceptors (Lipinski definition) is 6. The number of nitrogens with zero attached hydrogens (tertiary/aromatic N) is 1. The first-order chi connectivity index (χ1) is 21.1. The number of hydrogen-bond donors (Lipinski definition) is 3. The number of methoxy groups -OCH3 is 1. The molecule has 12 heteroatoms. The van der Waals surface area contributed by atoms with Crippen molar-refractivity contribution in [2.24, 2.45) is 5.92 Å². The minimum atomic E-state index is -3.34. The molecule has 9 nitrogen and oxygen atoms in total. The second kappa shape index (κ2) is 15.8. The maximum absolute atomic E-state index is 14.1. The molecule has 3 N–H and O–H groups in total. The first-order valence-corrected chi connectivity index (χ1v) is 17.1. The van der Waals surface area contributed by atoms with Crippen LogP contribution in [0.25, 0.3) is 0 Å². The Kier molecular flexibility index (Phi) is 12.1. The fraction of sp³-hybridized carbons (Fsp3) is 0.562. The van der Waals surface area contributed by atoms with Gasteiger partial charge in [0.05, 0.1) is 12.9 Å². The monoisotopic (exact) mass is 634 g/mol. The number of piperazine rings is 1. The summed E-state index contributed by atoms with van der Waals surface area (Å²) < 4.78 is 60.1. The lowest BCUT2D eigenvalue weighted by Crippen LogP contribution is -2.55. The van der Waals surface area contributed by atoms with E-state index in [1.165, 1.54) is 31.4 Å². The van der Waals surface area contributed by atoms with E-state index in [-0.39, 0.29) is 23.8 Å². The number of alkyl carbamates (subject to hydrolysis) is 1. The van der Waals surface area contributed by atoms with Gasteiger partial charge in [-0.2, -0.15) is 4.31 Å². The van der Waals surface area contributed by atoms with Crippen molar-refractivity contribution >= 4 is 22.0 Å². The number of benzene rings is 2. The van der Waals surface area contributed by atoms with Crippen LogP contribution in [0.5, 0.6) is 0 Å². The molecule has 1 aliphatic heterocycles. The maximum atomic E-state index is 14.1. The third kappa shape index (κ3) is 8.76. The van der Waals surface area contributed by atoms with Crippen LogP contribution in [0.15, 0.2) is 48.5 Å². The molecule has 4 rings (SSSR count). The molecule has 2 fully saturated rings. The van der Waals surface area contributed by atoms with Crippen LogP contribution in [0.3, 0.4) is 0 Å². The van der Waals surface area contributed by atoms with Crippen LogP contribution in [0.4, 0.5) is 13.6 Å². The van der Waals surface area contributed by atoms with E-state index in [0.29, 0.717) is 43.6 Å². The molecule has 2 aromatic carbocycles. The molecule has 1 saturated heterocycles. The molecule has 44 heavy (non-hydrogen) atoms. The molecule has 0 aromatic heterocycles. The van der Waals surface area contributed by atoms with Crippen LogP contribution in [0, 0.1) is 17.6 Å². The minimum absolute atomic E-state index is 0.124. The molecule has 0 radical (unpaired) electrons. The van der Waals surface area contributed by atoms with Crippen LogP contribution < -0.4 is 16.0 Å². The van der Waals surface area contributed by atoms with E-state index >= 15 is 0 Å². The van der Waals surface area contributed by atoms with Gasteiger partial charge >= 0.3 is 6.09 Å². The Morgan fingerprint density at radius 3 is 2.20 bits per heavy atom. The first-order valence-electron chi connectivity index (χ1n) is 15.5. The Balaban J connectivity index is 1.56. The van der Waals surface area contributed by atoms with Gasteiger partial charge in [0.25, 0.3) is 0 Å². The minimum Gasteiger partial charge on any atom is -0.453 e. The summed E-state index contributed by atoms with van der Waals surface area (Å²) in [5, 5.41) is 9.18. The summed E-state index contributed by atoms with van der Waals surface area (Å²) in [5.74, 6) is -1.84. The molecule has 2 aliphatic rings. The summed E-state index contributed by atoms with van der Waals surface area (Å²) >= 11 is 0. The Bertz CT molecular complexity index is 1300. The molecule has 1 heterocycles. The summed E-state index contributed by atoms with van der Waals surface area (Å²) in [6.07, 6.45) is 4.74. The fourth-order valence-electron chi connectivity index (χ4n) is 6.56. The lowest BCUT2D eigenvalue weighted by atomic mass is 9.80. The summed E-state index contributed by atoms with van der Waals surface area (Å²) in [6, 6.07) is 9.82. The molecule has 4 atom stereocenters. The number of carbonyl (C=O) groups excluding carboxylic acids is 2. The Morgan fingerprint density at radius 2 is 1.61 bits per heavy atom. The van der Waals surface area contributed by atoms with E-state index in [2.05, 4.69) is 16.0 Å². The standard InChI is InChI=1S/C32H44F2N4O5S/c1-3-20-44(41,42)38-19-18-35-21-27(38)17-12-22-6-4-5-7-28(22)36-31(39)30(37-32(40)43-2)29(23-8-13-25(33)14-9-23)24-10-15-26(34)16-11-24/h8-11,13-16,22,27-30,35H,3-7,12,17-21H2,1-2H3,(H,36,39)(H,37,40)/t22-,27+,28+,30?/m1/s1. The molecule has 242 valence electrons. The molecule has 0 spiro atoms. The van der Waals surface area contributed by atoms with E-state index < -0.39 is 45.6 Å². The maximum Gasteiger partial charge on any atom is 0.407 e. The van der Waals surface area contributed by atoms with Gasteiger partial charge in [-0.25, -0.2) is 22.0 Å². The zero-order valence-corrected chi connectivity index (χ0v) is 26.3. The lowest BCUT2D eigenvalue weighted by Gasteiger charge is -2.38. The fourth-order valence-corrected chi connectivity index (χ4v) is 8.31. The van der Waals surface area contributed by atoms with Crippen LogP contribution in [0.2, 0.25) is 0 Å². The van der Waals surface area contributed by atoms with Crippen molar-refractivity contribution in [2.75, 3.05) is 32.5 Å². The number of carbonyl (C=O) groups is 2. The highest BCUT2D eigenvalue weighted by molar-refractivity contribution is 7.89. The van der Waals surface area contributed by atoms with E-state index in [1.54, 1.807) is 28.6 Å². The third-order valence-electron chi connectivity index (χ3n) is 8.76. The average molecular weight is 635 g/mol. The van der Waals surface area contributed by atoms with Gasteiger partial charge in [0, 0.05) is 37.6 Å². The largest absolute Gasteiger partial charge is 0.453 e. The number of nitrogens with one attached hydrogen (secondary N) is 3. The number of sulfonamides is 1. The van der Waals surface area contributed by atoms with Crippen molar-refractivity contribution in [1.82, 2.24) is 20.3 Å². The van der Waals surface area contributed by atoms with Gasteiger partial charge in [-0.15, -0.1) is 0 Å². The molecule has 1 unspecified atom stereocenters. The highest BCUT2D eigenvalue weighted by Gasteiger charge is 2.37. The second-order valence-corrected chi connectivity index (χ2v) is 13.8. The Labute approximate surface area is 259 Å². The first kappa shape index (κ1) is 33.8. The SMILES string of the molecule is CCCS(=O)(=O)N1CCNC[C@@H]1CC[C@H]1CCCC[C@@H]1NC(=O)C(NC(=O)OC)C(c1ccc(F)cc1)c1ccc(F)cc1. The quantitative estimate of drug-likeness (QED) is 0.321. The van der Waals surface area contributed by atoms with Crippen LogP contribution in [0.1, 0.15) is 68.9 Å². The molecule has 1 saturated carbocycles. The number of amides is 2. The van der Waals surface area contributed by atoms with Crippen LogP contribution in [-0.2, 0) is 19.6 Å². The van der Waals surface area contributed by atoms with Crippen molar-refractivity contribution in [3.8, 4) is 0 Å². The van der Waals surface area contributed by atoms with E-state index in [0.717, 1.165) is 32.1 Å². The molecular formula is C32H44F2N4O5S. The average Bonchev–Trinajstić information content (AvgIpc) is 3.02. The predicted octanol–water partition coefficient (Wildman–Crippen LogP) is 4.29. The van der Waals surface area contributed by atoms with Gasteiger partial charge < -0.3 is 20.7 Å². The summed E-state index contributed by atoms with van der Waals surface area (Å²) in [5.41, 5.74) is 1.13. The van der Waals surface area contributed by atoms with Gasteiger partial charge in [-0.3, -0.25) is 4.79 Å². The Morgan fingerprint density at radius 1 is 1.00 bits per heavy atom. The molecule has 2 amide bonds. The van der Waals surface area contributed by atoms with E-state index in [9.17, 15) is 26.8 Å². The van der Waals surface area contributed by atoms with Gasteiger partial charge in [-0.1, -0.05) is 44.0 Å². The number of ether oxygens (including phenoxy) is 1. The van der Waals surface area contributed by atoms with Crippen molar-refractivity contribution in [2.45, 2.75) is 75.9 Å². The third-order valence-corrected chi connectivity index (χ3v) is 10.9. The van der Waals surface area contributed by atoms with Crippen molar-refractivity contribution in [3.63, 3.8) is 0 Å². The van der Waals surface area contributed by atoms with Gasteiger partial charge in [0.2, 0.25) is 15.9 Å². The molecule has 0 bridgehead atoms. The zero-order valence-electron chi connectivity index (χ0n) is 25.4. The molecular weight excluding hydrogens is 590 g/mol. The number of rotatable bonds is 12. The normalized spacial score (nSPS) is 21.9. The molecule has 1 aliphatic carbocycles. The zero-order chi connectivity index (χ0) is 31.7. The topological polar surface area (TPSA) is 117 Å². The lowest BCUT2D eigenvalue weighted by molar-refractivity contribution is -0.124. The van der Waals surface area contributed by atoms with Crippen molar-refractivity contribution in [1.29, 1.82) is 0 Å². The predicted molar refractivity (Wildman–Crippen MR) is 165 cm³/mol. The highest BCUT2D eigenvalue weighted by Crippen LogP contribution is 2.32. The van der Waals surface area contributed by atoms with Crippen molar-refractivity contribution in [3.05, 3.63) is 71.3 Å². The summed E-state index contributed by atoms with van der Waals surface area (Å²) in [7, 11) is -2.13. The highest BCUT2D eigenvalue weighted by atomic mass is 32.2. The van der Waals surface area contributed by atoms with Gasteiger partial charge in [0.1, 0.15) is 17.7 Å². The van der Waals surface area contributed by atoms with Crippen LogP contribution in [-0.4, -0.2) is 75.3 Å². The second-order valence-electron chi connectivity index (χ2n) is 11.7.